The molecule has 0 bridgehead atoms. The summed E-state index contributed by atoms with van der Waals surface area (Å²) in [5.74, 6) is 1.31. The zero-order valence-electron chi connectivity index (χ0n) is 22.0. The van der Waals surface area contributed by atoms with Gasteiger partial charge in [-0.2, -0.15) is 5.10 Å². The van der Waals surface area contributed by atoms with Crippen molar-refractivity contribution in [3.63, 3.8) is 0 Å². The number of anilines is 1. The smallest absolute Gasteiger partial charge is 0.240 e. The van der Waals surface area contributed by atoms with E-state index in [-0.39, 0.29) is 35.4 Å². The van der Waals surface area contributed by atoms with E-state index in [2.05, 4.69) is 5.32 Å². The molecule has 1 aromatic heterocycles. The third-order valence-corrected chi connectivity index (χ3v) is 8.38. The Morgan fingerprint density at radius 3 is 2.49 bits per heavy atom. The number of aromatic nitrogens is 2. The normalized spacial score (nSPS) is 16.9. The van der Waals surface area contributed by atoms with Crippen molar-refractivity contribution in [3.05, 3.63) is 95.6 Å². The van der Waals surface area contributed by atoms with E-state index in [0.717, 1.165) is 52.2 Å². The Kier molecular flexibility index (Phi) is 6.87. The lowest BCUT2D eigenvalue weighted by Gasteiger charge is -2.24. The highest BCUT2D eigenvalue weighted by atomic mass is 32.2. The average molecular weight is 539 g/mol. The molecule has 1 fully saturated rings. The van der Waals surface area contributed by atoms with Crippen molar-refractivity contribution in [1.82, 2.24) is 15.1 Å². The molecule has 3 aromatic carbocycles. The van der Waals surface area contributed by atoms with Crippen molar-refractivity contribution in [1.29, 1.82) is 0 Å². The summed E-state index contributed by atoms with van der Waals surface area (Å²) in [6.45, 7) is 1.97. The van der Waals surface area contributed by atoms with Gasteiger partial charge in [0.2, 0.25) is 11.8 Å². The van der Waals surface area contributed by atoms with Crippen molar-refractivity contribution >= 4 is 29.4 Å². The van der Waals surface area contributed by atoms with Gasteiger partial charge in [-0.3, -0.25) is 14.5 Å². The summed E-state index contributed by atoms with van der Waals surface area (Å²) in [6.07, 6.45) is 1.96. The van der Waals surface area contributed by atoms with Crippen LogP contribution in [0.1, 0.15) is 34.8 Å². The first-order valence-electron chi connectivity index (χ1n) is 13.1. The number of rotatable bonds is 7. The number of nitrogens with zero attached hydrogens (tertiary/aromatic N) is 3. The van der Waals surface area contributed by atoms with Crippen LogP contribution in [-0.2, 0) is 9.59 Å². The van der Waals surface area contributed by atoms with Gasteiger partial charge >= 0.3 is 0 Å². The van der Waals surface area contributed by atoms with Gasteiger partial charge in [0, 0.05) is 22.7 Å². The molecule has 0 saturated heterocycles. The van der Waals surface area contributed by atoms with Gasteiger partial charge in [0.05, 0.1) is 29.5 Å². The average Bonchev–Trinajstić information content (AvgIpc) is 3.71. The van der Waals surface area contributed by atoms with E-state index in [4.69, 9.17) is 9.84 Å². The van der Waals surface area contributed by atoms with E-state index >= 15 is 0 Å². The number of methoxy groups -OCH3 is 1. The first-order valence-corrected chi connectivity index (χ1v) is 14.2. The molecular weight excluding hydrogens is 508 g/mol. The summed E-state index contributed by atoms with van der Waals surface area (Å²) in [6, 6.07) is 26.1. The molecule has 8 heteroatoms. The molecule has 1 aliphatic carbocycles. The zero-order valence-corrected chi connectivity index (χ0v) is 22.8. The van der Waals surface area contributed by atoms with Crippen LogP contribution in [0.4, 0.5) is 5.82 Å². The van der Waals surface area contributed by atoms with Crippen LogP contribution < -0.4 is 15.0 Å². The maximum absolute atomic E-state index is 13.8. The number of hydrogen-bond acceptors (Lipinski definition) is 5. The molecule has 7 nitrogen and oxygen atoms in total. The van der Waals surface area contributed by atoms with E-state index in [1.165, 1.54) is 11.8 Å². The predicted molar refractivity (Wildman–Crippen MR) is 155 cm³/mol. The molecule has 1 aliphatic heterocycles. The fourth-order valence-electron chi connectivity index (χ4n) is 5.07. The molecule has 2 aliphatic rings. The Hall–Kier alpha value is -4.04. The molecule has 6 rings (SSSR count). The van der Waals surface area contributed by atoms with Gasteiger partial charge in [-0.05, 0) is 37.5 Å². The number of nitrogens with one attached hydrogen (secondary N) is 1. The second-order valence-corrected chi connectivity index (χ2v) is 11.0. The minimum absolute atomic E-state index is 0.0622. The Labute approximate surface area is 232 Å². The van der Waals surface area contributed by atoms with Crippen molar-refractivity contribution in [2.45, 2.75) is 31.1 Å². The Morgan fingerprint density at radius 2 is 1.74 bits per heavy atom. The minimum Gasteiger partial charge on any atom is -0.496 e. The van der Waals surface area contributed by atoms with Gasteiger partial charge in [-0.1, -0.05) is 66.7 Å². The molecule has 39 heavy (non-hydrogen) atoms. The van der Waals surface area contributed by atoms with Crippen LogP contribution >= 0.6 is 11.8 Å². The maximum atomic E-state index is 13.8. The quantitative estimate of drug-likeness (QED) is 0.345. The molecule has 2 amide bonds. The van der Waals surface area contributed by atoms with Crippen molar-refractivity contribution in [2.75, 3.05) is 24.3 Å². The molecule has 4 aromatic rings. The van der Waals surface area contributed by atoms with Gasteiger partial charge in [0.15, 0.2) is 0 Å². The Bertz CT molecular complexity index is 1530. The number of thioether (sulfide) groups is 1. The number of amides is 2. The zero-order chi connectivity index (χ0) is 26.9. The van der Waals surface area contributed by atoms with Gasteiger partial charge < -0.3 is 10.1 Å². The predicted octanol–water partition coefficient (Wildman–Crippen LogP) is 5.30. The minimum atomic E-state index is -0.246. The first kappa shape index (κ1) is 25.2. The number of carbonyl (C=O) groups excluding carboxylic acids is 2. The lowest BCUT2D eigenvalue weighted by molar-refractivity contribution is -0.123. The van der Waals surface area contributed by atoms with Gasteiger partial charge in [0.25, 0.3) is 0 Å². The maximum Gasteiger partial charge on any atom is 0.240 e. The summed E-state index contributed by atoms with van der Waals surface area (Å²) in [4.78, 5) is 28.5. The van der Waals surface area contributed by atoms with Crippen molar-refractivity contribution < 1.29 is 14.3 Å². The van der Waals surface area contributed by atoms with Crippen LogP contribution in [0.15, 0.2) is 78.9 Å². The summed E-state index contributed by atoms with van der Waals surface area (Å²) >= 11 is 1.54. The van der Waals surface area contributed by atoms with Crippen LogP contribution in [0, 0.1) is 6.92 Å². The monoisotopic (exact) mass is 538 g/mol. The lowest BCUT2D eigenvalue weighted by Crippen LogP contribution is -2.43. The summed E-state index contributed by atoms with van der Waals surface area (Å²) < 4.78 is 7.63. The molecule has 2 heterocycles. The Morgan fingerprint density at radius 1 is 1.03 bits per heavy atom. The van der Waals surface area contributed by atoms with E-state index in [1.54, 1.807) is 12.0 Å². The van der Waals surface area contributed by atoms with Crippen LogP contribution in [0.25, 0.3) is 16.9 Å². The molecule has 0 radical (unpaired) electrons. The number of fused-ring (bicyclic) bond motifs is 1. The number of hydrogen-bond donors (Lipinski definition) is 1. The van der Waals surface area contributed by atoms with E-state index in [1.807, 2.05) is 90.5 Å². The fraction of sp³-hybridized carbons (Fsp3) is 0.258. The van der Waals surface area contributed by atoms with E-state index in [9.17, 15) is 9.59 Å². The SMILES string of the molecule is COc1ccccc1C1SCC(=O)N(CC(=O)NC2CC2)c2c1c(-c1ccccc1)nn2-c1ccccc1C. The summed E-state index contributed by atoms with van der Waals surface area (Å²) in [5.41, 5.74) is 5.46. The van der Waals surface area contributed by atoms with Crippen LogP contribution in [0.5, 0.6) is 5.75 Å². The standard InChI is InChI=1S/C31H30N4O3S/c1-20-10-6-8-14-24(20)35-31-28(29(33-35)21-11-4-3-5-12-21)30(23-13-7-9-15-25(23)38-2)39-19-27(37)34(31)18-26(36)32-22-16-17-22/h3-15,22,30H,16-19H2,1-2H3,(H,32,36). The highest BCUT2D eigenvalue weighted by Gasteiger charge is 2.39. The van der Waals surface area contributed by atoms with Crippen molar-refractivity contribution in [3.8, 4) is 22.7 Å². The second-order valence-electron chi connectivity index (χ2n) is 9.90. The number of carbonyl (C=O) groups is 2. The number of para-hydroxylation sites is 2. The highest BCUT2D eigenvalue weighted by Crippen LogP contribution is 2.50. The van der Waals surface area contributed by atoms with Gasteiger partial charge in [-0.25, -0.2) is 4.68 Å². The largest absolute Gasteiger partial charge is 0.496 e. The third-order valence-electron chi connectivity index (χ3n) is 7.15. The molecule has 1 saturated carbocycles. The summed E-state index contributed by atoms with van der Waals surface area (Å²) in [7, 11) is 1.66. The topological polar surface area (TPSA) is 76.5 Å². The van der Waals surface area contributed by atoms with Crippen LogP contribution in [0.2, 0.25) is 0 Å². The molecular formula is C31H30N4O3S. The second kappa shape index (κ2) is 10.6. The third kappa shape index (κ3) is 4.92. The summed E-state index contributed by atoms with van der Waals surface area (Å²) in [5, 5.41) is 7.98. The van der Waals surface area contributed by atoms with Crippen molar-refractivity contribution in [2.24, 2.45) is 0 Å². The van der Waals surface area contributed by atoms with Gasteiger partial charge in [-0.15, -0.1) is 11.8 Å². The molecule has 1 N–H and O–H groups in total. The van der Waals surface area contributed by atoms with E-state index in [0.29, 0.717) is 5.82 Å². The number of ether oxygens (including phenoxy) is 1. The van der Waals surface area contributed by atoms with Crippen LogP contribution in [-0.4, -0.2) is 47.0 Å². The molecule has 1 atom stereocenters. The van der Waals surface area contributed by atoms with E-state index < -0.39 is 0 Å². The lowest BCUT2D eigenvalue weighted by atomic mass is 9.99. The molecule has 0 spiro atoms. The number of aryl methyl sites for hydroxylation is 1. The highest BCUT2D eigenvalue weighted by molar-refractivity contribution is 8.00. The molecule has 198 valence electrons. The van der Waals surface area contributed by atoms with Gasteiger partial charge in [0.1, 0.15) is 18.1 Å². The number of benzene rings is 3. The van der Waals surface area contributed by atoms with Crippen LogP contribution in [0.3, 0.4) is 0 Å². The first-order chi connectivity index (χ1) is 19.0. The Balaban J connectivity index is 1.63. The fourth-order valence-corrected chi connectivity index (χ4v) is 6.29. The molecule has 1 unspecified atom stereocenters.